The highest BCUT2D eigenvalue weighted by molar-refractivity contribution is 5.86. The molecule has 0 heterocycles. The van der Waals surface area contributed by atoms with Crippen molar-refractivity contribution < 1.29 is 24.5 Å². The number of hydrogen-bond donors (Lipinski definition) is 3. The molecule has 1 rings (SSSR count). The maximum Gasteiger partial charge on any atom is 0.408 e. The third-order valence-corrected chi connectivity index (χ3v) is 3.17. The van der Waals surface area contributed by atoms with E-state index in [0.717, 1.165) is 0 Å². The Bertz CT molecular complexity index is 349. The van der Waals surface area contributed by atoms with Crippen LogP contribution in [-0.4, -0.2) is 39.5 Å². The third-order valence-electron chi connectivity index (χ3n) is 3.17. The molecule has 3 N–H and O–H groups in total. The van der Waals surface area contributed by atoms with Gasteiger partial charge >= 0.3 is 12.1 Å². The molecule has 0 aromatic heterocycles. The number of rotatable bonds is 3. The monoisotopic (exact) mass is 259 g/mol. The number of carboxylic acids is 1. The van der Waals surface area contributed by atoms with E-state index in [-0.39, 0.29) is 6.42 Å². The number of aliphatic hydroxyl groups is 1. The second-order valence-corrected chi connectivity index (χ2v) is 5.69. The van der Waals surface area contributed by atoms with Crippen LogP contribution in [0.2, 0.25) is 0 Å². The molecule has 1 saturated carbocycles. The first kappa shape index (κ1) is 14.8. The number of carboxylic acid groups (broad SMARTS) is 1. The fourth-order valence-electron chi connectivity index (χ4n) is 2.34. The molecule has 6 heteroatoms. The summed E-state index contributed by atoms with van der Waals surface area (Å²) in [6.45, 7) is 6.88. The molecule has 1 aliphatic carbocycles. The van der Waals surface area contributed by atoms with Crippen LogP contribution in [-0.2, 0) is 9.53 Å². The summed E-state index contributed by atoms with van der Waals surface area (Å²) in [5.74, 6) is -1.62. The van der Waals surface area contributed by atoms with Crippen LogP contribution >= 0.6 is 0 Å². The molecule has 1 amide bonds. The first-order valence-electron chi connectivity index (χ1n) is 6.05. The van der Waals surface area contributed by atoms with E-state index in [1.54, 1.807) is 27.7 Å². The summed E-state index contributed by atoms with van der Waals surface area (Å²) >= 11 is 0. The van der Waals surface area contributed by atoms with Crippen molar-refractivity contribution in [2.75, 3.05) is 0 Å². The van der Waals surface area contributed by atoms with E-state index in [9.17, 15) is 19.8 Å². The van der Waals surface area contributed by atoms with Crippen molar-refractivity contribution in [3.05, 3.63) is 0 Å². The average Bonchev–Trinajstić information content (AvgIpc) is 2.13. The molecule has 18 heavy (non-hydrogen) atoms. The smallest absolute Gasteiger partial charge is 0.408 e. The maximum atomic E-state index is 11.7. The van der Waals surface area contributed by atoms with Crippen molar-refractivity contribution in [1.82, 2.24) is 5.32 Å². The van der Waals surface area contributed by atoms with Gasteiger partial charge in [0.1, 0.15) is 11.1 Å². The van der Waals surface area contributed by atoms with Gasteiger partial charge in [0.15, 0.2) is 0 Å². The lowest BCUT2D eigenvalue weighted by Gasteiger charge is -2.49. The Labute approximate surface area is 106 Å². The summed E-state index contributed by atoms with van der Waals surface area (Å²) in [6, 6.07) is 0. The number of aliphatic carboxylic acids is 1. The van der Waals surface area contributed by atoms with E-state index in [1.165, 1.54) is 0 Å². The molecular formula is C12H21NO5. The van der Waals surface area contributed by atoms with Gasteiger partial charge in [-0.15, -0.1) is 0 Å². The van der Waals surface area contributed by atoms with Crippen LogP contribution in [0.25, 0.3) is 0 Å². The minimum absolute atomic E-state index is 0.0140. The zero-order chi connectivity index (χ0) is 14.1. The number of carbonyl (C=O) groups excluding carboxylic acids is 1. The van der Waals surface area contributed by atoms with Gasteiger partial charge in [0.05, 0.1) is 6.10 Å². The summed E-state index contributed by atoms with van der Waals surface area (Å²) in [4.78, 5) is 23.0. The number of carbonyl (C=O) groups is 2. The van der Waals surface area contributed by atoms with E-state index in [2.05, 4.69) is 5.32 Å². The average molecular weight is 259 g/mol. The van der Waals surface area contributed by atoms with Crippen molar-refractivity contribution in [3.63, 3.8) is 0 Å². The lowest BCUT2D eigenvalue weighted by molar-refractivity contribution is -0.165. The minimum Gasteiger partial charge on any atom is -0.479 e. The normalized spacial score (nSPS) is 31.4. The maximum absolute atomic E-state index is 11.7. The summed E-state index contributed by atoms with van der Waals surface area (Å²) in [5, 5.41) is 21.2. The molecule has 0 radical (unpaired) electrons. The highest BCUT2D eigenvalue weighted by atomic mass is 16.6. The van der Waals surface area contributed by atoms with Gasteiger partial charge < -0.3 is 20.3 Å². The highest BCUT2D eigenvalue weighted by Crippen LogP contribution is 2.41. The molecule has 3 unspecified atom stereocenters. The van der Waals surface area contributed by atoms with E-state index in [4.69, 9.17) is 4.74 Å². The Morgan fingerprint density at radius 3 is 2.33 bits per heavy atom. The van der Waals surface area contributed by atoms with Crippen molar-refractivity contribution in [1.29, 1.82) is 0 Å². The van der Waals surface area contributed by atoms with Crippen LogP contribution in [0.5, 0.6) is 0 Å². The Kier molecular flexibility index (Phi) is 3.90. The SMILES string of the molecule is CCC1C(O)CC1(NC(=O)OC(C)(C)C)C(=O)O. The second kappa shape index (κ2) is 4.76. The molecule has 0 bridgehead atoms. The van der Waals surface area contributed by atoms with E-state index in [1.807, 2.05) is 0 Å². The third kappa shape index (κ3) is 2.75. The van der Waals surface area contributed by atoms with Crippen LogP contribution in [0.3, 0.4) is 0 Å². The predicted octanol–water partition coefficient (Wildman–Crippen LogP) is 1.13. The molecule has 0 spiro atoms. The molecular weight excluding hydrogens is 238 g/mol. The number of aliphatic hydroxyl groups excluding tert-OH is 1. The van der Waals surface area contributed by atoms with Gasteiger partial charge in [-0.1, -0.05) is 6.92 Å². The molecule has 1 fully saturated rings. The van der Waals surface area contributed by atoms with Crippen LogP contribution in [0.4, 0.5) is 4.79 Å². The molecule has 104 valence electrons. The van der Waals surface area contributed by atoms with Gasteiger partial charge in [0.2, 0.25) is 0 Å². The van der Waals surface area contributed by atoms with Crippen molar-refractivity contribution in [3.8, 4) is 0 Å². The molecule has 0 aliphatic heterocycles. The lowest BCUT2D eigenvalue weighted by Crippen LogP contribution is -2.71. The predicted molar refractivity (Wildman–Crippen MR) is 64.1 cm³/mol. The van der Waals surface area contributed by atoms with E-state index >= 15 is 0 Å². The first-order chi connectivity index (χ1) is 8.12. The van der Waals surface area contributed by atoms with Gasteiger partial charge in [0.25, 0.3) is 0 Å². The van der Waals surface area contributed by atoms with Crippen molar-refractivity contribution in [2.45, 2.75) is 57.8 Å². The number of hydrogen-bond acceptors (Lipinski definition) is 4. The van der Waals surface area contributed by atoms with Crippen LogP contribution in [0.15, 0.2) is 0 Å². The Morgan fingerprint density at radius 2 is 2.00 bits per heavy atom. The second-order valence-electron chi connectivity index (χ2n) is 5.69. The number of nitrogens with one attached hydrogen (secondary N) is 1. The minimum atomic E-state index is -1.41. The van der Waals surface area contributed by atoms with Gasteiger partial charge in [-0.3, -0.25) is 0 Å². The standard InChI is InChI=1S/C12H21NO5/c1-5-7-8(14)6-12(7,9(15)16)13-10(17)18-11(2,3)4/h7-8,14H,5-6H2,1-4H3,(H,13,17)(H,15,16). The zero-order valence-corrected chi connectivity index (χ0v) is 11.2. The molecule has 0 aromatic rings. The van der Waals surface area contributed by atoms with Crippen LogP contribution in [0.1, 0.15) is 40.5 Å². The zero-order valence-electron chi connectivity index (χ0n) is 11.2. The Hall–Kier alpha value is -1.30. The summed E-state index contributed by atoms with van der Waals surface area (Å²) in [5.41, 5.74) is -2.09. The largest absolute Gasteiger partial charge is 0.479 e. The van der Waals surface area contributed by atoms with Crippen LogP contribution < -0.4 is 5.32 Å². The van der Waals surface area contributed by atoms with E-state index < -0.39 is 35.2 Å². The van der Waals surface area contributed by atoms with Gasteiger partial charge in [-0.05, 0) is 27.2 Å². The highest BCUT2D eigenvalue weighted by Gasteiger charge is 2.59. The Balaban J connectivity index is 2.77. The summed E-state index contributed by atoms with van der Waals surface area (Å²) in [7, 11) is 0. The number of amides is 1. The van der Waals surface area contributed by atoms with Gasteiger partial charge in [0, 0.05) is 12.3 Å². The van der Waals surface area contributed by atoms with Gasteiger partial charge in [-0.2, -0.15) is 0 Å². The summed E-state index contributed by atoms with van der Waals surface area (Å²) < 4.78 is 5.05. The van der Waals surface area contributed by atoms with Crippen molar-refractivity contribution >= 4 is 12.1 Å². The molecule has 6 nitrogen and oxygen atoms in total. The molecule has 3 atom stereocenters. The first-order valence-corrected chi connectivity index (χ1v) is 6.05. The lowest BCUT2D eigenvalue weighted by atomic mass is 9.63. The quantitative estimate of drug-likeness (QED) is 0.706. The fourth-order valence-corrected chi connectivity index (χ4v) is 2.34. The Morgan fingerprint density at radius 1 is 1.44 bits per heavy atom. The topological polar surface area (TPSA) is 95.9 Å². The van der Waals surface area contributed by atoms with Crippen molar-refractivity contribution in [2.24, 2.45) is 5.92 Å². The molecule has 1 aliphatic rings. The molecule has 0 aromatic carbocycles. The fraction of sp³-hybridized carbons (Fsp3) is 0.833. The summed E-state index contributed by atoms with van der Waals surface area (Å²) in [6.07, 6.45) is -0.972. The molecule has 0 saturated heterocycles. The van der Waals surface area contributed by atoms with Crippen LogP contribution in [0, 0.1) is 5.92 Å². The van der Waals surface area contributed by atoms with Gasteiger partial charge in [-0.25, -0.2) is 9.59 Å². The number of ether oxygens (including phenoxy) is 1. The van der Waals surface area contributed by atoms with E-state index in [0.29, 0.717) is 6.42 Å². The number of alkyl carbamates (subject to hydrolysis) is 1.